The molecule has 3 aliphatic heterocycles. The molecule has 4 fully saturated rings. The summed E-state index contributed by atoms with van der Waals surface area (Å²) in [6.45, 7) is 10.8. The van der Waals surface area contributed by atoms with Gasteiger partial charge in [0.1, 0.15) is 0 Å². The van der Waals surface area contributed by atoms with Crippen molar-refractivity contribution in [3.8, 4) is 0 Å². The zero-order valence-electron chi connectivity index (χ0n) is 21.2. The van der Waals surface area contributed by atoms with Crippen molar-refractivity contribution in [2.24, 2.45) is 4.99 Å². The zero-order valence-corrected chi connectivity index (χ0v) is 23.6. The number of hydrogen-bond acceptors (Lipinski definition) is 5. The van der Waals surface area contributed by atoms with Gasteiger partial charge in [-0.1, -0.05) is 25.7 Å². The Kier molecular flexibility index (Phi) is 11.0. The molecule has 1 aliphatic carbocycles. The SMILES string of the molecule is CN=C(NCC1(N2CCOCC2)CCCCC1)NCC1(N2CCCCC2)CCN(C)CC1.I. The van der Waals surface area contributed by atoms with Gasteiger partial charge < -0.3 is 20.3 Å². The van der Waals surface area contributed by atoms with Crippen LogP contribution in [0.1, 0.15) is 64.2 Å². The van der Waals surface area contributed by atoms with E-state index in [1.165, 1.54) is 90.4 Å². The average molecular weight is 577 g/mol. The lowest BCUT2D eigenvalue weighted by Crippen LogP contribution is -2.63. The van der Waals surface area contributed by atoms with Crippen LogP contribution in [-0.2, 0) is 4.74 Å². The molecule has 192 valence electrons. The summed E-state index contributed by atoms with van der Waals surface area (Å²) in [4.78, 5) is 12.7. The minimum absolute atomic E-state index is 0. The summed E-state index contributed by atoms with van der Waals surface area (Å²) in [5.74, 6) is 0.985. The Morgan fingerprint density at radius 2 is 1.24 bits per heavy atom. The van der Waals surface area contributed by atoms with Gasteiger partial charge >= 0.3 is 0 Å². The fourth-order valence-corrected chi connectivity index (χ4v) is 6.58. The van der Waals surface area contributed by atoms with E-state index in [1.54, 1.807) is 0 Å². The van der Waals surface area contributed by atoms with E-state index < -0.39 is 0 Å². The Morgan fingerprint density at radius 3 is 1.82 bits per heavy atom. The molecule has 0 atom stereocenters. The third-order valence-electron chi connectivity index (χ3n) is 8.80. The number of likely N-dealkylation sites (tertiary alicyclic amines) is 2. The van der Waals surface area contributed by atoms with Gasteiger partial charge in [-0.3, -0.25) is 14.8 Å². The molecule has 8 heteroatoms. The highest BCUT2D eigenvalue weighted by Crippen LogP contribution is 2.34. The van der Waals surface area contributed by atoms with E-state index in [0.717, 1.165) is 45.4 Å². The number of rotatable bonds is 6. The van der Waals surface area contributed by atoms with Crippen LogP contribution in [0, 0.1) is 0 Å². The van der Waals surface area contributed by atoms with E-state index >= 15 is 0 Å². The predicted octanol–water partition coefficient (Wildman–Crippen LogP) is 2.75. The summed E-state index contributed by atoms with van der Waals surface area (Å²) in [6.07, 6.45) is 13.3. The molecule has 2 N–H and O–H groups in total. The predicted molar refractivity (Wildman–Crippen MR) is 148 cm³/mol. The lowest BCUT2D eigenvalue weighted by molar-refractivity contribution is -0.0353. The molecule has 3 saturated heterocycles. The second-order valence-electron chi connectivity index (χ2n) is 10.7. The van der Waals surface area contributed by atoms with Crippen molar-refractivity contribution < 1.29 is 4.74 Å². The molecule has 4 rings (SSSR count). The van der Waals surface area contributed by atoms with Gasteiger partial charge in [0.15, 0.2) is 5.96 Å². The quantitative estimate of drug-likeness (QED) is 0.288. The van der Waals surface area contributed by atoms with Gasteiger partial charge in [0, 0.05) is 44.3 Å². The van der Waals surface area contributed by atoms with Crippen LogP contribution in [0.15, 0.2) is 4.99 Å². The van der Waals surface area contributed by atoms with Crippen molar-refractivity contribution in [2.75, 3.05) is 79.7 Å². The number of ether oxygens (including phenoxy) is 1. The summed E-state index contributed by atoms with van der Waals surface area (Å²) >= 11 is 0. The van der Waals surface area contributed by atoms with Crippen LogP contribution in [0.4, 0.5) is 0 Å². The van der Waals surface area contributed by atoms with Crippen LogP contribution < -0.4 is 10.6 Å². The fourth-order valence-electron chi connectivity index (χ4n) is 6.58. The first-order valence-corrected chi connectivity index (χ1v) is 13.4. The maximum absolute atomic E-state index is 5.66. The molecule has 4 aliphatic rings. The van der Waals surface area contributed by atoms with Crippen LogP contribution in [0.2, 0.25) is 0 Å². The Balaban J connectivity index is 0.00000306. The average Bonchev–Trinajstić information content (AvgIpc) is 2.87. The molecule has 0 amide bonds. The van der Waals surface area contributed by atoms with Crippen molar-refractivity contribution in [3.63, 3.8) is 0 Å². The molecule has 3 heterocycles. The van der Waals surface area contributed by atoms with E-state index in [2.05, 4.69) is 37.4 Å². The van der Waals surface area contributed by atoms with Gasteiger partial charge in [-0.2, -0.15) is 0 Å². The van der Waals surface area contributed by atoms with Crippen LogP contribution in [0.5, 0.6) is 0 Å². The van der Waals surface area contributed by atoms with Gasteiger partial charge in [0.25, 0.3) is 0 Å². The van der Waals surface area contributed by atoms with Crippen molar-refractivity contribution in [3.05, 3.63) is 0 Å². The second-order valence-corrected chi connectivity index (χ2v) is 10.7. The molecule has 1 saturated carbocycles. The number of halogens is 1. The molecule has 0 aromatic rings. The minimum Gasteiger partial charge on any atom is -0.379 e. The highest BCUT2D eigenvalue weighted by molar-refractivity contribution is 14.0. The van der Waals surface area contributed by atoms with Gasteiger partial charge in [-0.15, -0.1) is 24.0 Å². The van der Waals surface area contributed by atoms with E-state index in [9.17, 15) is 0 Å². The van der Waals surface area contributed by atoms with Crippen LogP contribution in [-0.4, -0.2) is 111 Å². The summed E-state index contributed by atoms with van der Waals surface area (Å²) in [5, 5.41) is 7.56. The van der Waals surface area contributed by atoms with Crippen molar-refractivity contribution in [1.29, 1.82) is 0 Å². The third kappa shape index (κ3) is 6.96. The van der Waals surface area contributed by atoms with Gasteiger partial charge in [-0.25, -0.2) is 0 Å². The standard InChI is InChI=1S/C25H48N6O.HI/c1-26-23(27-21-24(9-5-3-6-10-24)31-17-19-32-20-18-31)28-22-25(11-15-29(2)16-12-25)30-13-7-4-8-14-30;/h3-22H2,1-2H3,(H2,26,27,28);1H. The lowest BCUT2D eigenvalue weighted by Gasteiger charge is -2.50. The summed E-state index contributed by atoms with van der Waals surface area (Å²) in [6, 6.07) is 0. The fraction of sp³-hybridized carbons (Fsp3) is 0.960. The third-order valence-corrected chi connectivity index (χ3v) is 8.80. The highest BCUT2D eigenvalue weighted by atomic mass is 127. The molecule has 0 bridgehead atoms. The number of piperidine rings is 2. The van der Waals surface area contributed by atoms with E-state index in [-0.39, 0.29) is 35.1 Å². The molecule has 0 aromatic carbocycles. The number of hydrogen-bond donors (Lipinski definition) is 2. The van der Waals surface area contributed by atoms with Crippen molar-refractivity contribution in [2.45, 2.75) is 75.3 Å². The van der Waals surface area contributed by atoms with Gasteiger partial charge in [-0.05, 0) is 71.8 Å². The number of aliphatic imine (C=N–C) groups is 1. The molecular weight excluding hydrogens is 527 g/mol. The summed E-state index contributed by atoms with van der Waals surface area (Å²) in [5.41, 5.74) is 0.537. The summed E-state index contributed by atoms with van der Waals surface area (Å²) < 4.78 is 5.66. The molecule has 0 spiro atoms. The monoisotopic (exact) mass is 576 g/mol. The molecule has 33 heavy (non-hydrogen) atoms. The van der Waals surface area contributed by atoms with Crippen molar-refractivity contribution in [1.82, 2.24) is 25.3 Å². The van der Waals surface area contributed by atoms with Crippen LogP contribution in [0.25, 0.3) is 0 Å². The van der Waals surface area contributed by atoms with Crippen LogP contribution >= 0.6 is 24.0 Å². The van der Waals surface area contributed by atoms with Crippen LogP contribution in [0.3, 0.4) is 0 Å². The van der Waals surface area contributed by atoms with Gasteiger partial charge in [0.05, 0.1) is 13.2 Å². The zero-order chi connectivity index (χ0) is 22.3. The number of nitrogens with zero attached hydrogens (tertiary/aromatic N) is 4. The largest absolute Gasteiger partial charge is 0.379 e. The topological polar surface area (TPSA) is 55.4 Å². The van der Waals surface area contributed by atoms with E-state index in [1.807, 2.05) is 7.05 Å². The smallest absolute Gasteiger partial charge is 0.191 e. The normalized spacial score (nSPS) is 27.5. The minimum atomic E-state index is 0. The Hall–Kier alpha value is -0.160. The number of guanidine groups is 1. The molecule has 0 unspecified atom stereocenters. The Labute approximate surface area is 219 Å². The van der Waals surface area contributed by atoms with E-state index in [4.69, 9.17) is 4.74 Å². The lowest BCUT2D eigenvalue weighted by atomic mass is 9.79. The first kappa shape index (κ1) is 27.4. The summed E-state index contributed by atoms with van der Waals surface area (Å²) in [7, 11) is 4.20. The molecular formula is C25H49IN6O. The van der Waals surface area contributed by atoms with Crippen molar-refractivity contribution >= 4 is 29.9 Å². The second kappa shape index (κ2) is 13.2. The Bertz CT molecular complexity index is 592. The molecule has 0 radical (unpaired) electrons. The molecule has 0 aromatic heterocycles. The Morgan fingerprint density at radius 1 is 0.727 bits per heavy atom. The maximum Gasteiger partial charge on any atom is 0.191 e. The van der Waals surface area contributed by atoms with Gasteiger partial charge in [0.2, 0.25) is 0 Å². The maximum atomic E-state index is 5.66. The molecule has 7 nitrogen and oxygen atoms in total. The number of morpholine rings is 1. The first-order valence-electron chi connectivity index (χ1n) is 13.4. The highest BCUT2D eigenvalue weighted by Gasteiger charge is 2.41. The number of nitrogens with one attached hydrogen (secondary N) is 2. The van der Waals surface area contributed by atoms with E-state index in [0.29, 0.717) is 0 Å². The first-order chi connectivity index (χ1) is 15.7.